The second kappa shape index (κ2) is 6.60. The zero-order valence-corrected chi connectivity index (χ0v) is 8.89. The number of hydrogen-bond acceptors (Lipinski definition) is 2. The molecule has 1 aromatic rings. The summed E-state index contributed by atoms with van der Waals surface area (Å²) in [5.74, 6) is 0.810. The smallest absolute Gasteiger partial charge is 0.119 e. The van der Waals surface area contributed by atoms with Crippen LogP contribution in [0.5, 0.6) is 0 Å². The Hall–Kier alpha value is -1.83. The van der Waals surface area contributed by atoms with Crippen molar-refractivity contribution in [2.75, 3.05) is 0 Å². The molecule has 0 aliphatic carbocycles. The number of rotatable bonds is 5. The van der Waals surface area contributed by atoms with Crippen LogP contribution in [-0.4, -0.2) is 4.98 Å². The highest BCUT2D eigenvalue weighted by atomic mass is 16.5. The van der Waals surface area contributed by atoms with Gasteiger partial charge in [0.1, 0.15) is 12.4 Å². The monoisotopic (exact) mass is 201 g/mol. The first-order valence-corrected chi connectivity index (χ1v) is 4.84. The van der Waals surface area contributed by atoms with Crippen LogP contribution in [0.2, 0.25) is 0 Å². The molecule has 78 valence electrons. The van der Waals surface area contributed by atoms with Crippen molar-refractivity contribution in [2.45, 2.75) is 13.5 Å². The van der Waals surface area contributed by atoms with Gasteiger partial charge in [-0.2, -0.15) is 0 Å². The van der Waals surface area contributed by atoms with Gasteiger partial charge in [-0.15, -0.1) is 0 Å². The number of aromatic nitrogens is 1. The number of allylic oxidation sites excluding steroid dienone is 4. The Morgan fingerprint density at radius 2 is 2.20 bits per heavy atom. The fourth-order valence-corrected chi connectivity index (χ4v) is 1.08. The molecule has 0 N–H and O–H groups in total. The van der Waals surface area contributed by atoms with Crippen molar-refractivity contribution in [2.24, 2.45) is 0 Å². The van der Waals surface area contributed by atoms with Gasteiger partial charge in [0.15, 0.2) is 0 Å². The topological polar surface area (TPSA) is 22.1 Å². The minimum absolute atomic E-state index is 0.548. The molecule has 0 aromatic carbocycles. The maximum Gasteiger partial charge on any atom is 0.119 e. The van der Waals surface area contributed by atoms with Crippen molar-refractivity contribution in [3.63, 3.8) is 0 Å². The normalized spacial score (nSPS) is 11.7. The maximum absolute atomic E-state index is 5.58. The van der Waals surface area contributed by atoms with Gasteiger partial charge in [-0.3, -0.25) is 4.98 Å². The average Bonchev–Trinajstić information content (AvgIpc) is 2.28. The molecule has 0 aliphatic rings. The molecular weight excluding hydrogens is 186 g/mol. The summed E-state index contributed by atoms with van der Waals surface area (Å²) in [6, 6.07) is 3.86. The summed E-state index contributed by atoms with van der Waals surface area (Å²) in [7, 11) is 0. The highest BCUT2D eigenvalue weighted by Crippen LogP contribution is 2.06. The number of hydrogen-bond donors (Lipinski definition) is 0. The van der Waals surface area contributed by atoms with Crippen molar-refractivity contribution < 1.29 is 4.74 Å². The molecule has 0 radical (unpaired) electrons. The molecule has 0 fully saturated rings. The zero-order chi connectivity index (χ0) is 10.9. The Balaban J connectivity index is 2.55. The standard InChI is InChI=1S/C13H15NO/c1-3-5-13(6-4-2)15-11-12-7-9-14-10-8-12/h3-10H,1,11H2,2H3. The fourth-order valence-electron chi connectivity index (χ4n) is 1.08. The van der Waals surface area contributed by atoms with Gasteiger partial charge >= 0.3 is 0 Å². The van der Waals surface area contributed by atoms with Crippen LogP contribution >= 0.6 is 0 Å². The molecule has 0 atom stereocenters. The van der Waals surface area contributed by atoms with Gasteiger partial charge in [0.2, 0.25) is 0 Å². The Kier molecular flexibility index (Phi) is 4.95. The highest BCUT2D eigenvalue weighted by Gasteiger charge is 1.94. The van der Waals surface area contributed by atoms with Gasteiger partial charge in [0, 0.05) is 12.4 Å². The van der Waals surface area contributed by atoms with Gasteiger partial charge in [0.05, 0.1) is 0 Å². The number of ether oxygens (including phenoxy) is 1. The first-order valence-electron chi connectivity index (χ1n) is 4.84. The quantitative estimate of drug-likeness (QED) is 0.539. The van der Waals surface area contributed by atoms with E-state index in [4.69, 9.17) is 4.74 Å². The van der Waals surface area contributed by atoms with Crippen LogP contribution in [0.3, 0.4) is 0 Å². The maximum atomic E-state index is 5.58. The molecule has 0 aliphatic heterocycles. The Morgan fingerprint density at radius 1 is 1.47 bits per heavy atom. The molecule has 15 heavy (non-hydrogen) atoms. The van der Waals surface area contributed by atoms with Crippen molar-refractivity contribution in [1.82, 2.24) is 4.98 Å². The Labute approximate surface area is 90.6 Å². The van der Waals surface area contributed by atoms with Crippen LogP contribution in [-0.2, 0) is 11.3 Å². The summed E-state index contributed by atoms with van der Waals surface area (Å²) < 4.78 is 5.58. The first-order chi connectivity index (χ1) is 7.36. The van der Waals surface area contributed by atoms with E-state index in [9.17, 15) is 0 Å². The molecule has 0 bridgehead atoms. The molecule has 1 rings (SSSR count). The molecular formula is C13H15NO. The van der Waals surface area contributed by atoms with E-state index in [1.54, 1.807) is 18.5 Å². The minimum atomic E-state index is 0.548. The second-order valence-electron chi connectivity index (χ2n) is 2.95. The molecule has 2 nitrogen and oxygen atoms in total. The van der Waals surface area contributed by atoms with Crippen molar-refractivity contribution >= 4 is 0 Å². The van der Waals surface area contributed by atoms with E-state index in [1.807, 2.05) is 37.3 Å². The SMILES string of the molecule is C=CC=C(C=CC)OCc1ccncc1. The van der Waals surface area contributed by atoms with E-state index >= 15 is 0 Å². The second-order valence-corrected chi connectivity index (χ2v) is 2.95. The van der Waals surface area contributed by atoms with Crippen molar-refractivity contribution in [3.8, 4) is 0 Å². The van der Waals surface area contributed by atoms with E-state index in [2.05, 4.69) is 11.6 Å². The van der Waals surface area contributed by atoms with Gasteiger partial charge < -0.3 is 4.74 Å². The Morgan fingerprint density at radius 3 is 2.80 bits per heavy atom. The summed E-state index contributed by atoms with van der Waals surface area (Å²) in [4.78, 5) is 3.94. The summed E-state index contributed by atoms with van der Waals surface area (Å²) in [6.45, 7) is 6.14. The molecule has 0 amide bonds. The lowest BCUT2D eigenvalue weighted by atomic mass is 10.3. The summed E-state index contributed by atoms with van der Waals surface area (Å²) >= 11 is 0. The van der Waals surface area contributed by atoms with E-state index in [1.165, 1.54) is 0 Å². The van der Waals surface area contributed by atoms with Gasteiger partial charge in [-0.05, 0) is 36.8 Å². The van der Waals surface area contributed by atoms with Crippen LogP contribution in [0.15, 0.2) is 61.2 Å². The third-order valence-corrected chi connectivity index (χ3v) is 1.77. The summed E-state index contributed by atoms with van der Waals surface area (Å²) in [6.07, 6.45) is 10.9. The van der Waals surface area contributed by atoms with E-state index in [0.29, 0.717) is 6.61 Å². The predicted octanol–water partition coefficient (Wildman–Crippen LogP) is 3.24. The predicted molar refractivity (Wildman–Crippen MR) is 62.1 cm³/mol. The number of pyridine rings is 1. The molecule has 2 heteroatoms. The lowest BCUT2D eigenvalue weighted by Gasteiger charge is -2.05. The lowest BCUT2D eigenvalue weighted by Crippen LogP contribution is -1.91. The van der Waals surface area contributed by atoms with Gasteiger partial charge in [-0.1, -0.05) is 18.7 Å². The highest BCUT2D eigenvalue weighted by molar-refractivity contribution is 5.17. The van der Waals surface area contributed by atoms with E-state index in [0.717, 1.165) is 11.3 Å². The van der Waals surface area contributed by atoms with Crippen molar-refractivity contribution in [3.05, 3.63) is 66.7 Å². The van der Waals surface area contributed by atoms with Gasteiger partial charge in [-0.25, -0.2) is 0 Å². The molecule has 0 saturated heterocycles. The molecule has 0 spiro atoms. The summed E-state index contributed by atoms with van der Waals surface area (Å²) in [5, 5.41) is 0. The number of nitrogens with zero attached hydrogens (tertiary/aromatic N) is 1. The molecule has 0 unspecified atom stereocenters. The molecule has 1 aromatic heterocycles. The van der Waals surface area contributed by atoms with Crippen molar-refractivity contribution in [1.29, 1.82) is 0 Å². The van der Waals surface area contributed by atoms with Crippen LogP contribution in [0.1, 0.15) is 12.5 Å². The lowest BCUT2D eigenvalue weighted by molar-refractivity contribution is 0.211. The van der Waals surface area contributed by atoms with E-state index < -0.39 is 0 Å². The Bertz CT molecular complexity index is 352. The van der Waals surface area contributed by atoms with Crippen LogP contribution < -0.4 is 0 Å². The van der Waals surface area contributed by atoms with E-state index in [-0.39, 0.29) is 0 Å². The molecule has 0 saturated carbocycles. The van der Waals surface area contributed by atoms with Crippen LogP contribution in [0.4, 0.5) is 0 Å². The van der Waals surface area contributed by atoms with Crippen LogP contribution in [0.25, 0.3) is 0 Å². The minimum Gasteiger partial charge on any atom is -0.489 e. The van der Waals surface area contributed by atoms with Crippen LogP contribution in [0, 0.1) is 0 Å². The third-order valence-electron chi connectivity index (χ3n) is 1.77. The average molecular weight is 201 g/mol. The molecule has 1 heterocycles. The largest absolute Gasteiger partial charge is 0.489 e. The van der Waals surface area contributed by atoms with Gasteiger partial charge in [0.25, 0.3) is 0 Å². The summed E-state index contributed by atoms with van der Waals surface area (Å²) in [5.41, 5.74) is 1.10. The fraction of sp³-hybridized carbons (Fsp3) is 0.154. The third kappa shape index (κ3) is 4.27. The first kappa shape index (κ1) is 11.2. The zero-order valence-electron chi connectivity index (χ0n) is 8.89.